The van der Waals surface area contributed by atoms with Gasteiger partial charge in [0.2, 0.25) is 0 Å². The Morgan fingerprint density at radius 3 is 2.67 bits per heavy atom. The molecule has 1 aromatic carbocycles. The van der Waals surface area contributed by atoms with Crippen molar-refractivity contribution in [2.24, 2.45) is 0 Å². The molecule has 0 unspecified atom stereocenters. The summed E-state index contributed by atoms with van der Waals surface area (Å²) in [5.41, 5.74) is 4.28. The van der Waals surface area contributed by atoms with Crippen molar-refractivity contribution in [3.63, 3.8) is 0 Å². The van der Waals surface area contributed by atoms with Crippen LogP contribution in [0.2, 0.25) is 0 Å². The summed E-state index contributed by atoms with van der Waals surface area (Å²) in [4.78, 5) is 0. The summed E-state index contributed by atoms with van der Waals surface area (Å²) < 4.78 is 14.0. The second-order valence-electron chi connectivity index (χ2n) is 4.13. The Morgan fingerprint density at radius 2 is 2.00 bits per heavy atom. The molecule has 0 saturated carbocycles. The molecule has 1 N–H and O–H groups in total. The number of nitrogens with one attached hydrogen (secondary N) is 1. The standard InChI is InChI=1S/C13H17N3OS/c1-5-14-13-12(15-18-16-13)10-6-9(3)11(17-4)7-8(10)2/h6-7H,5H2,1-4H3,(H,14,16). The van der Waals surface area contributed by atoms with E-state index >= 15 is 0 Å². The van der Waals surface area contributed by atoms with Gasteiger partial charge in [0.25, 0.3) is 0 Å². The molecule has 0 radical (unpaired) electrons. The summed E-state index contributed by atoms with van der Waals surface area (Å²) in [5, 5.41) is 3.24. The van der Waals surface area contributed by atoms with Crippen LogP contribution >= 0.6 is 11.7 Å². The molecular weight excluding hydrogens is 246 g/mol. The number of aromatic nitrogens is 2. The number of anilines is 1. The molecule has 0 aliphatic heterocycles. The number of benzene rings is 1. The first-order chi connectivity index (χ1) is 8.67. The monoisotopic (exact) mass is 263 g/mol. The molecule has 18 heavy (non-hydrogen) atoms. The molecule has 1 aromatic heterocycles. The first-order valence-electron chi connectivity index (χ1n) is 5.89. The number of hydrogen-bond donors (Lipinski definition) is 1. The minimum absolute atomic E-state index is 0.840. The Balaban J connectivity index is 2.50. The Kier molecular flexibility index (Phi) is 3.81. The Hall–Kier alpha value is -1.62. The molecule has 5 heteroatoms. The summed E-state index contributed by atoms with van der Waals surface area (Å²) in [6, 6.07) is 4.14. The second kappa shape index (κ2) is 5.35. The van der Waals surface area contributed by atoms with Crippen LogP contribution in [0.15, 0.2) is 12.1 Å². The number of hydrogen-bond acceptors (Lipinski definition) is 5. The fraction of sp³-hybridized carbons (Fsp3) is 0.385. The summed E-state index contributed by atoms with van der Waals surface area (Å²) in [7, 11) is 1.69. The zero-order valence-corrected chi connectivity index (χ0v) is 11.9. The maximum absolute atomic E-state index is 5.33. The minimum atomic E-state index is 0.840. The minimum Gasteiger partial charge on any atom is -0.496 e. The van der Waals surface area contributed by atoms with E-state index in [1.54, 1.807) is 7.11 Å². The molecule has 96 valence electrons. The van der Waals surface area contributed by atoms with Crippen molar-refractivity contribution in [3.05, 3.63) is 23.3 Å². The van der Waals surface area contributed by atoms with E-state index in [9.17, 15) is 0 Å². The van der Waals surface area contributed by atoms with Crippen molar-refractivity contribution in [1.29, 1.82) is 0 Å². The van der Waals surface area contributed by atoms with Gasteiger partial charge >= 0.3 is 0 Å². The van der Waals surface area contributed by atoms with E-state index in [-0.39, 0.29) is 0 Å². The molecule has 0 aliphatic rings. The van der Waals surface area contributed by atoms with Crippen LogP contribution in [0.5, 0.6) is 5.75 Å². The van der Waals surface area contributed by atoms with Crippen LogP contribution in [0.25, 0.3) is 11.3 Å². The third-order valence-corrected chi connectivity index (χ3v) is 3.36. The van der Waals surface area contributed by atoms with Crippen LogP contribution in [-0.2, 0) is 0 Å². The first kappa shape index (κ1) is 12.8. The summed E-state index contributed by atoms with van der Waals surface area (Å²) in [6.07, 6.45) is 0. The summed E-state index contributed by atoms with van der Waals surface area (Å²) >= 11 is 1.23. The largest absolute Gasteiger partial charge is 0.496 e. The highest BCUT2D eigenvalue weighted by molar-refractivity contribution is 6.99. The van der Waals surface area contributed by atoms with Crippen molar-refractivity contribution in [2.75, 3.05) is 19.0 Å². The smallest absolute Gasteiger partial charge is 0.168 e. The lowest BCUT2D eigenvalue weighted by Crippen LogP contribution is -1.99. The van der Waals surface area contributed by atoms with Gasteiger partial charge in [0.05, 0.1) is 18.8 Å². The van der Waals surface area contributed by atoms with Crippen molar-refractivity contribution >= 4 is 17.5 Å². The van der Waals surface area contributed by atoms with Crippen molar-refractivity contribution < 1.29 is 4.74 Å². The van der Waals surface area contributed by atoms with E-state index in [1.165, 1.54) is 11.7 Å². The van der Waals surface area contributed by atoms with Crippen molar-refractivity contribution in [3.8, 4) is 17.0 Å². The molecule has 0 atom stereocenters. The fourth-order valence-electron chi connectivity index (χ4n) is 1.91. The number of rotatable bonds is 4. The molecule has 4 nitrogen and oxygen atoms in total. The highest BCUT2D eigenvalue weighted by Gasteiger charge is 2.14. The maximum Gasteiger partial charge on any atom is 0.168 e. The van der Waals surface area contributed by atoms with E-state index in [4.69, 9.17) is 4.74 Å². The zero-order chi connectivity index (χ0) is 13.1. The van der Waals surface area contributed by atoms with Crippen LogP contribution in [0, 0.1) is 13.8 Å². The lowest BCUT2D eigenvalue weighted by Gasteiger charge is -2.10. The number of nitrogens with zero attached hydrogens (tertiary/aromatic N) is 2. The topological polar surface area (TPSA) is 47.0 Å². The van der Waals surface area contributed by atoms with Gasteiger partial charge in [-0.2, -0.15) is 8.75 Å². The highest BCUT2D eigenvalue weighted by Crippen LogP contribution is 2.32. The normalized spacial score (nSPS) is 10.4. The van der Waals surface area contributed by atoms with Gasteiger partial charge in [-0.25, -0.2) is 0 Å². The number of ether oxygens (including phenoxy) is 1. The molecule has 2 rings (SSSR count). The third kappa shape index (κ3) is 2.31. The maximum atomic E-state index is 5.33. The number of aryl methyl sites for hydroxylation is 2. The molecule has 1 heterocycles. The van der Waals surface area contributed by atoms with Gasteiger partial charge in [-0.15, -0.1) is 0 Å². The quantitative estimate of drug-likeness (QED) is 0.919. The lowest BCUT2D eigenvalue weighted by atomic mass is 10.0. The zero-order valence-electron chi connectivity index (χ0n) is 11.1. The van der Waals surface area contributed by atoms with Gasteiger partial charge in [0, 0.05) is 12.1 Å². The lowest BCUT2D eigenvalue weighted by molar-refractivity contribution is 0.411. The van der Waals surface area contributed by atoms with Gasteiger partial charge in [0.1, 0.15) is 11.4 Å². The molecule has 0 fully saturated rings. The molecule has 0 bridgehead atoms. The average Bonchev–Trinajstić information content (AvgIpc) is 2.80. The van der Waals surface area contributed by atoms with Crippen LogP contribution in [0.4, 0.5) is 5.82 Å². The number of methoxy groups -OCH3 is 1. The fourth-order valence-corrected chi connectivity index (χ4v) is 2.45. The molecular formula is C13H17N3OS. The third-order valence-electron chi connectivity index (χ3n) is 2.83. The van der Waals surface area contributed by atoms with Gasteiger partial charge in [-0.05, 0) is 44.0 Å². The Labute approximate surface area is 111 Å². The van der Waals surface area contributed by atoms with Gasteiger partial charge in [-0.1, -0.05) is 0 Å². The molecule has 2 aromatic rings. The summed E-state index contributed by atoms with van der Waals surface area (Å²) in [5.74, 6) is 1.76. The SMILES string of the molecule is CCNc1nsnc1-c1cc(C)c(OC)cc1C. The van der Waals surface area contributed by atoms with Gasteiger partial charge in [-0.3, -0.25) is 0 Å². The molecule has 0 aliphatic carbocycles. The molecule has 0 amide bonds. The van der Waals surface area contributed by atoms with Crippen LogP contribution in [0.3, 0.4) is 0 Å². The van der Waals surface area contributed by atoms with Crippen molar-refractivity contribution in [1.82, 2.24) is 8.75 Å². The predicted molar refractivity (Wildman–Crippen MR) is 75.5 cm³/mol. The van der Waals surface area contributed by atoms with E-state index in [0.717, 1.165) is 40.5 Å². The van der Waals surface area contributed by atoms with E-state index in [0.29, 0.717) is 0 Å². The van der Waals surface area contributed by atoms with E-state index in [1.807, 2.05) is 13.0 Å². The summed E-state index contributed by atoms with van der Waals surface area (Å²) in [6.45, 7) is 6.99. The van der Waals surface area contributed by atoms with E-state index < -0.39 is 0 Å². The van der Waals surface area contributed by atoms with Crippen LogP contribution in [0.1, 0.15) is 18.1 Å². The second-order valence-corrected chi connectivity index (χ2v) is 4.66. The molecule has 0 saturated heterocycles. The Morgan fingerprint density at radius 1 is 1.22 bits per heavy atom. The predicted octanol–water partition coefficient (Wildman–Crippen LogP) is 3.26. The average molecular weight is 263 g/mol. The highest BCUT2D eigenvalue weighted by atomic mass is 32.1. The van der Waals surface area contributed by atoms with E-state index in [2.05, 4.69) is 34.0 Å². The van der Waals surface area contributed by atoms with Gasteiger partial charge in [0.15, 0.2) is 5.82 Å². The Bertz CT molecular complexity index is 551. The van der Waals surface area contributed by atoms with Crippen LogP contribution < -0.4 is 10.1 Å². The van der Waals surface area contributed by atoms with Crippen LogP contribution in [-0.4, -0.2) is 22.4 Å². The van der Waals surface area contributed by atoms with Crippen molar-refractivity contribution in [2.45, 2.75) is 20.8 Å². The first-order valence-corrected chi connectivity index (χ1v) is 6.62. The van der Waals surface area contributed by atoms with Gasteiger partial charge < -0.3 is 10.1 Å². The molecule has 0 spiro atoms.